The first-order valence-corrected chi connectivity index (χ1v) is 13.4. The van der Waals surface area contributed by atoms with E-state index in [0.717, 1.165) is 52.8 Å². The van der Waals surface area contributed by atoms with Gasteiger partial charge in [-0.25, -0.2) is 14.8 Å². The summed E-state index contributed by atoms with van der Waals surface area (Å²) in [6.07, 6.45) is 6.24. The molecule has 2 aromatic carbocycles. The summed E-state index contributed by atoms with van der Waals surface area (Å²) in [5.41, 5.74) is 4.47. The molecule has 184 valence electrons. The number of hydrogen-bond donors (Lipinski definition) is 2. The number of nitrogens with zero attached hydrogens (tertiary/aromatic N) is 4. The molecule has 4 heterocycles. The van der Waals surface area contributed by atoms with E-state index in [-0.39, 0.29) is 6.03 Å². The number of benzene rings is 2. The van der Waals surface area contributed by atoms with Crippen LogP contribution >= 0.6 is 23.4 Å². The van der Waals surface area contributed by atoms with Crippen LogP contribution in [0.25, 0.3) is 17.5 Å². The van der Waals surface area contributed by atoms with Crippen molar-refractivity contribution in [1.29, 1.82) is 0 Å². The summed E-state index contributed by atoms with van der Waals surface area (Å²) in [7, 11) is 0. The van der Waals surface area contributed by atoms with Gasteiger partial charge in [-0.15, -0.1) is 11.8 Å². The molecule has 10 heteroatoms. The topological polar surface area (TPSA) is 82.4 Å². The summed E-state index contributed by atoms with van der Waals surface area (Å²) in [5.74, 6) is 1.38. The van der Waals surface area contributed by atoms with E-state index in [4.69, 9.17) is 21.3 Å². The second-order valence-corrected chi connectivity index (χ2v) is 9.94. The third-order valence-corrected chi connectivity index (χ3v) is 7.67. The van der Waals surface area contributed by atoms with Crippen molar-refractivity contribution in [2.45, 2.75) is 10.9 Å². The molecule has 0 spiro atoms. The van der Waals surface area contributed by atoms with Gasteiger partial charge < -0.3 is 25.2 Å². The lowest BCUT2D eigenvalue weighted by molar-refractivity contribution is 0.122. The van der Waals surface area contributed by atoms with E-state index in [1.807, 2.05) is 42.7 Å². The lowest BCUT2D eigenvalue weighted by atomic mass is 10.1. The fourth-order valence-electron chi connectivity index (χ4n) is 4.58. The highest BCUT2D eigenvalue weighted by molar-refractivity contribution is 7.98. The first-order valence-electron chi connectivity index (χ1n) is 11.8. The average Bonchev–Trinajstić information content (AvgIpc) is 3.70. The third-order valence-electron chi connectivity index (χ3n) is 6.50. The maximum atomic E-state index is 12.7. The second kappa shape index (κ2) is 9.65. The van der Waals surface area contributed by atoms with Crippen LogP contribution in [0.2, 0.25) is 5.15 Å². The molecule has 2 amide bonds. The van der Waals surface area contributed by atoms with Gasteiger partial charge in [-0.2, -0.15) is 0 Å². The predicted molar refractivity (Wildman–Crippen MR) is 147 cm³/mol. The van der Waals surface area contributed by atoms with Crippen LogP contribution < -0.4 is 20.4 Å². The van der Waals surface area contributed by atoms with Crippen LogP contribution in [0.4, 0.5) is 27.7 Å². The number of ether oxygens (including phenoxy) is 1. The zero-order valence-corrected chi connectivity index (χ0v) is 21.3. The van der Waals surface area contributed by atoms with Crippen LogP contribution in [0.3, 0.4) is 0 Å². The monoisotopic (exact) mass is 520 g/mol. The Hall–Kier alpha value is -3.27. The van der Waals surface area contributed by atoms with Gasteiger partial charge in [0.15, 0.2) is 5.82 Å². The zero-order valence-electron chi connectivity index (χ0n) is 19.7. The maximum Gasteiger partial charge on any atom is 0.323 e. The molecule has 0 radical (unpaired) electrons. The Bertz CT molecular complexity index is 1340. The minimum atomic E-state index is -0.296. The molecule has 6 rings (SSSR count). The Labute approximate surface area is 218 Å². The number of carbonyl (C=O) groups excluding carboxylic acids is 1. The van der Waals surface area contributed by atoms with Gasteiger partial charge in [0.2, 0.25) is 0 Å². The maximum absolute atomic E-state index is 12.7. The smallest absolute Gasteiger partial charge is 0.323 e. The molecule has 2 N–H and O–H groups in total. The molecule has 3 aliphatic rings. The fraction of sp³-hybridized carbons (Fsp3) is 0.269. The van der Waals surface area contributed by atoms with Crippen LogP contribution in [-0.4, -0.2) is 61.1 Å². The van der Waals surface area contributed by atoms with Gasteiger partial charge in [-0.05, 0) is 42.7 Å². The zero-order chi connectivity index (χ0) is 24.6. The molecule has 0 saturated carbocycles. The van der Waals surface area contributed by atoms with Gasteiger partial charge in [0.25, 0.3) is 0 Å². The van der Waals surface area contributed by atoms with Gasteiger partial charge >= 0.3 is 6.03 Å². The highest BCUT2D eigenvalue weighted by Gasteiger charge is 2.36. The van der Waals surface area contributed by atoms with Crippen LogP contribution in [0, 0.1) is 0 Å². The Kier molecular flexibility index (Phi) is 6.20. The molecule has 2 saturated heterocycles. The van der Waals surface area contributed by atoms with Gasteiger partial charge in [-0.1, -0.05) is 29.8 Å². The molecule has 0 aliphatic carbocycles. The van der Waals surface area contributed by atoms with Crippen molar-refractivity contribution < 1.29 is 9.53 Å². The van der Waals surface area contributed by atoms with Crippen molar-refractivity contribution in [3.05, 3.63) is 59.3 Å². The Morgan fingerprint density at radius 1 is 1.11 bits per heavy atom. The van der Waals surface area contributed by atoms with Crippen molar-refractivity contribution in [3.8, 4) is 11.4 Å². The number of fused-ring (bicyclic) bond motifs is 3. The minimum absolute atomic E-state index is 0.296. The second-order valence-electron chi connectivity index (χ2n) is 8.77. The molecule has 3 aromatic rings. The number of carbonyl (C=O) groups is 1. The molecule has 3 aliphatic heterocycles. The van der Waals surface area contributed by atoms with Gasteiger partial charge in [0.05, 0.1) is 29.8 Å². The Balaban J connectivity index is 1.18. The standard InChI is InChI=1S/C26H25ClN6O2S/c1-36-22-23(27)30-24(31-25(22)32-11-13-35-14-12-32)16-5-7-17(8-6-16)28-26(34)29-20-3-2-4-21-19(20)10-9-18-15-33(18)21/h2-10,18H,11-15H2,1H3,(H2,28,29,34). The van der Waals surface area contributed by atoms with Gasteiger partial charge in [-0.3, -0.25) is 0 Å². The number of aromatic nitrogens is 2. The summed E-state index contributed by atoms with van der Waals surface area (Å²) in [5, 5.41) is 6.32. The molecule has 2 fully saturated rings. The summed E-state index contributed by atoms with van der Waals surface area (Å²) >= 11 is 8.08. The highest BCUT2D eigenvalue weighted by atomic mass is 35.5. The quantitative estimate of drug-likeness (QED) is 0.271. The van der Waals surface area contributed by atoms with Crippen LogP contribution in [0.1, 0.15) is 5.56 Å². The molecule has 1 unspecified atom stereocenters. The number of nitrogens with one attached hydrogen (secondary N) is 2. The van der Waals surface area contributed by atoms with Crippen molar-refractivity contribution in [1.82, 2.24) is 9.97 Å². The number of morpholine rings is 1. The Morgan fingerprint density at radius 3 is 2.69 bits per heavy atom. The molecular weight excluding hydrogens is 496 g/mol. The highest BCUT2D eigenvalue weighted by Crippen LogP contribution is 2.40. The minimum Gasteiger partial charge on any atom is -0.378 e. The third kappa shape index (κ3) is 4.50. The van der Waals surface area contributed by atoms with E-state index in [1.165, 1.54) is 11.8 Å². The van der Waals surface area contributed by atoms with E-state index in [0.29, 0.717) is 35.9 Å². The van der Waals surface area contributed by atoms with E-state index in [1.54, 1.807) is 0 Å². The van der Waals surface area contributed by atoms with Crippen molar-refractivity contribution >= 4 is 58.3 Å². The van der Waals surface area contributed by atoms with E-state index < -0.39 is 0 Å². The molecule has 0 bridgehead atoms. The number of amides is 2. The molecular formula is C26H25ClN6O2S. The lowest BCUT2D eigenvalue weighted by Gasteiger charge is -2.29. The molecule has 1 aromatic heterocycles. The number of rotatable bonds is 5. The molecule has 1 atom stereocenters. The SMILES string of the molecule is CSc1c(Cl)nc(-c2ccc(NC(=O)Nc3cccc4c3C=CC3CN43)cc2)nc1N1CCOCC1. The van der Waals surface area contributed by atoms with Crippen LogP contribution in [0.15, 0.2) is 53.4 Å². The normalized spacial score (nSPS) is 17.9. The fourth-order valence-corrected chi connectivity index (χ4v) is 5.55. The first kappa shape index (κ1) is 23.1. The van der Waals surface area contributed by atoms with Gasteiger partial charge in [0.1, 0.15) is 11.0 Å². The van der Waals surface area contributed by atoms with E-state index in [9.17, 15) is 4.79 Å². The van der Waals surface area contributed by atoms with E-state index >= 15 is 0 Å². The summed E-state index contributed by atoms with van der Waals surface area (Å²) in [6, 6.07) is 13.6. The van der Waals surface area contributed by atoms with Crippen molar-refractivity contribution in [3.63, 3.8) is 0 Å². The lowest BCUT2D eigenvalue weighted by Crippen LogP contribution is -2.37. The van der Waals surface area contributed by atoms with Gasteiger partial charge in [0, 0.05) is 42.1 Å². The predicted octanol–water partition coefficient (Wildman–Crippen LogP) is 5.21. The summed E-state index contributed by atoms with van der Waals surface area (Å²) < 4.78 is 5.49. The number of halogens is 1. The average molecular weight is 521 g/mol. The molecule has 36 heavy (non-hydrogen) atoms. The largest absolute Gasteiger partial charge is 0.378 e. The Morgan fingerprint density at radius 2 is 1.92 bits per heavy atom. The van der Waals surface area contributed by atoms with Crippen LogP contribution in [0.5, 0.6) is 0 Å². The van der Waals surface area contributed by atoms with Crippen molar-refractivity contribution in [2.75, 3.05) is 59.5 Å². The number of anilines is 4. The molecule has 8 nitrogen and oxygen atoms in total. The van der Waals surface area contributed by atoms with Crippen molar-refractivity contribution in [2.24, 2.45) is 0 Å². The number of thioether (sulfide) groups is 1. The van der Waals surface area contributed by atoms with E-state index in [2.05, 4.69) is 43.6 Å². The summed E-state index contributed by atoms with van der Waals surface area (Å²) in [4.78, 5) is 27.5. The number of hydrogen-bond acceptors (Lipinski definition) is 7. The number of urea groups is 1. The summed E-state index contributed by atoms with van der Waals surface area (Å²) in [6.45, 7) is 3.88. The van der Waals surface area contributed by atoms with Crippen LogP contribution in [-0.2, 0) is 4.74 Å². The first-order chi connectivity index (χ1) is 17.6.